The summed E-state index contributed by atoms with van der Waals surface area (Å²) in [5.74, 6) is -0.416. The van der Waals surface area contributed by atoms with Crippen LogP contribution in [0.25, 0.3) is 6.08 Å². The van der Waals surface area contributed by atoms with E-state index >= 15 is 0 Å². The van der Waals surface area contributed by atoms with Crippen molar-refractivity contribution in [2.75, 3.05) is 26.3 Å². The Morgan fingerprint density at radius 1 is 1.10 bits per heavy atom. The lowest BCUT2D eigenvalue weighted by molar-refractivity contribution is -0.137. The quantitative estimate of drug-likeness (QED) is 0.674. The number of morpholine rings is 1. The zero-order valence-electron chi connectivity index (χ0n) is 16.2. The minimum atomic E-state index is -4.47. The fourth-order valence-electron chi connectivity index (χ4n) is 3.04. The number of hydrogen-bond donors (Lipinski definition) is 1. The molecule has 1 aliphatic rings. The molecule has 0 spiro atoms. The molecule has 1 saturated heterocycles. The average Bonchev–Trinajstić information content (AvgIpc) is 2.72. The van der Waals surface area contributed by atoms with Crippen LogP contribution in [0.1, 0.15) is 22.3 Å². The zero-order valence-corrected chi connectivity index (χ0v) is 17.0. The van der Waals surface area contributed by atoms with E-state index in [0.29, 0.717) is 6.54 Å². The van der Waals surface area contributed by atoms with Crippen molar-refractivity contribution in [2.45, 2.75) is 19.3 Å². The summed E-state index contributed by atoms with van der Waals surface area (Å²) in [6.07, 6.45) is -2.02. The molecule has 1 heterocycles. The van der Waals surface area contributed by atoms with Gasteiger partial charge in [-0.3, -0.25) is 9.69 Å². The van der Waals surface area contributed by atoms with Crippen molar-refractivity contribution < 1.29 is 22.7 Å². The van der Waals surface area contributed by atoms with E-state index in [1.807, 2.05) is 24.3 Å². The molecule has 4 nitrogen and oxygen atoms in total. The van der Waals surface area contributed by atoms with Gasteiger partial charge >= 0.3 is 6.18 Å². The lowest BCUT2D eigenvalue weighted by Crippen LogP contribution is -2.35. The zero-order chi connectivity index (χ0) is 21.6. The van der Waals surface area contributed by atoms with Gasteiger partial charge in [0.1, 0.15) is 0 Å². The van der Waals surface area contributed by atoms with Gasteiger partial charge < -0.3 is 10.1 Å². The van der Waals surface area contributed by atoms with Crippen LogP contribution < -0.4 is 5.32 Å². The van der Waals surface area contributed by atoms with E-state index in [1.165, 1.54) is 23.8 Å². The smallest absolute Gasteiger partial charge is 0.379 e. The third kappa shape index (κ3) is 6.58. The molecule has 2 aromatic carbocycles. The first kappa shape index (κ1) is 22.3. The highest BCUT2D eigenvalue weighted by Crippen LogP contribution is 2.32. The Labute approximate surface area is 178 Å². The summed E-state index contributed by atoms with van der Waals surface area (Å²) in [6, 6.07) is 10.9. The molecule has 30 heavy (non-hydrogen) atoms. The molecule has 0 unspecified atom stereocenters. The summed E-state index contributed by atoms with van der Waals surface area (Å²) in [5, 5.41) is 2.86. The second-order valence-corrected chi connectivity index (χ2v) is 7.40. The fraction of sp³-hybridized carbons (Fsp3) is 0.318. The van der Waals surface area contributed by atoms with Crippen LogP contribution in [0.5, 0.6) is 0 Å². The van der Waals surface area contributed by atoms with Crippen molar-refractivity contribution in [3.63, 3.8) is 0 Å². The number of halogens is 4. The Morgan fingerprint density at radius 2 is 1.77 bits per heavy atom. The molecule has 0 aliphatic carbocycles. The number of carbonyl (C=O) groups excluding carboxylic acids is 1. The summed E-state index contributed by atoms with van der Waals surface area (Å²) < 4.78 is 43.8. The molecule has 2 aromatic rings. The maximum atomic E-state index is 12.8. The molecule has 1 N–H and O–H groups in total. The first-order valence-corrected chi connectivity index (χ1v) is 9.89. The third-order valence-electron chi connectivity index (χ3n) is 4.74. The Kier molecular flexibility index (Phi) is 7.53. The van der Waals surface area contributed by atoms with E-state index in [-0.39, 0.29) is 10.6 Å². The van der Waals surface area contributed by atoms with E-state index < -0.39 is 17.6 Å². The summed E-state index contributed by atoms with van der Waals surface area (Å²) in [7, 11) is 0. The molecule has 0 radical (unpaired) electrons. The van der Waals surface area contributed by atoms with Gasteiger partial charge in [0.15, 0.2) is 0 Å². The molecular formula is C22H22ClF3N2O2. The molecule has 0 atom stereocenters. The highest BCUT2D eigenvalue weighted by atomic mass is 35.5. The van der Waals surface area contributed by atoms with Crippen LogP contribution in [0.3, 0.4) is 0 Å². The van der Waals surface area contributed by atoms with Crippen LogP contribution in [0.4, 0.5) is 13.2 Å². The molecule has 0 bridgehead atoms. The van der Waals surface area contributed by atoms with Gasteiger partial charge in [0.2, 0.25) is 5.91 Å². The molecule has 8 heteroatoms. The summed E-state index contributed by atoms with van der Waals surface area (Å²) >= 11 is 5.93. The van der Waals surface area contributed by atoms with Crippen molar-refractivity contribution in [1.29, 1.82) is 0 Å². The van der Waals surface area contributed by atoms with Crippen molar-refractivity contribution in [3.05, 3.63) is 75.8 Å². The SMILES string of the molecule is O=C(C=Cc1cc(C(F)(F)F)ccc1Cl)NCc1ccc(CN2CCOCC2)cc1. The number of rotatable bonds is 6. The van der Waals surface area contributed by atoms with E-state index in [1.54, 1.807) is 0 Å². The number of nitrogens with zero attached hydrogens (tertiary/aromatic N) is 1. The molecule has 0 aromatic heterocycles. The number of nitrogens with one attached hydrogen (secondary N) is 1. The van der Waals surface area contributed by atoms with Crippen LogP contribution in [0.2, 0.25) is 5.02 Å². The standard InChI is InChI=1S/C22H22ClF3N2O2/c23-20-7-6-19(22(24,25)26)13-18(20)5-8-21(29)27-14-16-1-3-17(4-2-16)15-28-9-11-30-12-10-28/h1-8,13H,9-12,14-15H2,(H,27,29). The Hall–Kier alpha value is -2.35. The average molecular weight is 439 g/mol. The van der Waals surface area contributed by atoms with Gasteiger partial charge in [-0.15, -0.1) is 0 Å². The van der Waals surface area contributed by atoms with Gasteiger partial charge in [0.05, 0.1) is 18.8 Å². The molecule has 3 rings (SSSR count). The summed E-state index contributed by atoms with van der Waals surface area (Å²) in [6.45, 7) is 4.51. The van der Waals surface area contributed by atoms with Gasteiger partial charge in [0.25, 0.3) is 0 Å². The minimum absolute atomic E-state index is 0.133. The van der Waals surface area contributed by atoms with Gasteiger partial charge in [-0.05, 0) is 41.0 Å². The summed E-state index contributed by atoms with van der Waals surface area (Å²) in [4.78, 5) is 14.4. The number of amides is 1. The Balaban J connectivity index is 1.52. The second kappa shape index (κ2) is 10.1. The maximum absolute atomic E-state index is 12.8. The van der Waals surface area contributed by atoms with Gasteiger partial charge in [0, 0.05) is 37.3 Å². The molecule has 160 valence electrons. The Bertz CT molecular complexity index is 892. The first-order chi connectivity index (χ1) is 14.3. The number of ether oxygens (including phenoxy) is 1. The predicted molar refractivity (Wildman–Crippen MR) is 110 cm³/mol. The Morgan fingerprint density at radius 3 is 2.43 bits per heavy atom. The number of hydrogen-bond acceptors (Lipinski definition) is 3. The lowest BCUT2D eigenvalue weighted by atomic mass is 10.1. The van der Waals surface area contributed by atoms with Crippen LogP contribution in [0.15, 0.2) is 48.5 Å². The van der Waals surface area contributed by atoms with Crippen LogP contribution in [-0.2, 0) is 28.8 Å². The number of benzene rings is 2. The number of carbonyl (C=O) groups is 1. The topological polar surface area (TPSA) is 41.6 Å². The fourth-order valence-corrected chi connectivity index (χ4v) is 3.22. The van der Waals surface area contributed by atoms with Gasteiger partial charge in [-0.2, -0.15) is 13.2 Å². The molecule has 0 saturated carbocycles. The van der Waals surface area contributed by atoms with Crippen LogP contribution >= 0.6 is 11.6 Å². The molecule has 1 amide bonds. The minimum Gasteiger partial charge on any atom is -0.379 e. The predicted octanol–water partition coefficient (Wildman–Crippen LogP) is 4.52. The van der Waals surface area contributed by atoms with Gasteiger partial charge in [-0.25, -0.2) is 0 Å². The molecule has 1 aliphatic heterocycles. The number of alkyl halides is 3. The second-order valence-electron chi connectivity index (χ2n) is 6.99. The first-order valence-electron chi connectivity index (χ1n) is 9.52. The van der Waals surface area contributed by atoms with Crippen molar-refractivity contribution in [2.24, 2.45) is 0 Å². The van der Waals surface area contributed by atoms with E-state index in [4.69, 9.17) is 16.3 Å². The highest BCUT2D eigenvalue weighted by molar-refractivity contribution is 6.32. The van der Waals surface area contributed by atoms with Crippen molar-refractivity contribution >= 4 is 23.6 Å². The van der Waals surface area contributed by atoms with E-state index in [9.17, 15) is 18.0 Å². The lowest BCUT2D eigenvalue weighted by Gasteiger charge is -2.26. The maximum Gasteiger partial charge on any atom is 0.416 e. The van der Waals surface area contributed by atoms with Crippen LogP contribution in [0, 0.1) is 0 Å². The largest absolute Gasteiger partial charge is 0.416 e. The third-order valence-corrected chi connectivity index (χ3v) is 5.08. The monoisotopic (exact) mass is 438 g/mol. The van der Waals surface area contributed by atoms with E-state index in [0.717, 1.165) is 50.5 Å². The molecule has 1 fully saturated rings. The van der Waals surface area contributed by atoms with Crippen LogP contribution in [-0.4, -0.2) is 37.1 Å². The van der Waals surface area contributed by atoms with Crippen molar-refractivity contribution in [1.82, 2.24) is 10.2 Å². The van der Waals surface area contributed by atoms with E-state index in [2.05, 4.69) is 10.2 Å². The summed E-state index contributed by atoms with van der Waals surface area (Å²) in [5.41, 5.74) is 1.43. The van der Waals surface area contributed by atoms with Gasteiger partial charge in [-0.1, -0.05) is 35.9 Å². The normalized spacial score (nSPS) is 15.5. The molecular weight excluding hydrogens is 417 g/mol. The van der Waals surface area contributed by atoms with Crippen molar-refractivity contribution in [3.8, 4) is 0 Å². The highest BCUT2D eigenvalue weighted by Gasteiger charge is 2.30.